The smallest absolute Gasteiger partial charge is 0.326 e. The number of hydrogen-bond acceptors (Lipinski definition) is 6. The summed E-state index contributed by atoms with van der Waals surface area (Å²) < 4.78 is 15.7. The third-order valence-electron chi connectivity index (χ3n) is 4.92. The van der Waals surface area contributed by atoms with Crippen LogP contribution in [0.3, 0.4) is 0 Å². The van der Waals surface area contributed by atoms with E-state index in [-0.39, 0.29) is 17.4 Å². The van der Waals surface area contributed by atoms with Crippen molar-refractivity contribution in [1.82, 2.24) is 24.6 Å². The number of nitrogens with zero attached hydrogens (tertiary/aromatic N) is 4. The van der Waals surface area contributed by atoms with Gasteiger partial charge in [0.25, 0.3) is 0 Å². The number of halogens is 2. The Labute approximate surface area is 187 Å². The maximum absolute atomic E-state index is 13.6. The normalized spacial score (nSPS) is 15.2. The van der Waals surface area contributed by atoms with Crippen molar-refractivity contribution in [1.29, 1.82) is 0 Å². The number of nitrogens with one attached hydrogen (secondary N) is 3. The van der Waals surface area contributed by atoms with E-state index in [1.165, 1.54) is 18.9 Å². The van der Waals surface area contributed by atoms with Gasteiger partial charge in [-0.1, -0.05) is 0 Å². The van der Waals surface area contributed by atoms with Crippen molar-refractivity contribution in [3.63, 3.8) is 0 Å². The van der Waals surface area contributed by atoms with E-state index in [1.54, 1.807) is 35.0 Å². The average Bonchev–Trinajstić information content (AvgIpc) is 3.40. The van der Waals surface area contributed by atoms with Crippen LogP contribution in [-0.4, -0.2) is 36.2 Å². The third kappa shape index (κ3) is 4.17. The number of imidazole rings is 1. The van der Waals surface area contributed by atoms with Crippen molar-refractivity contribution in [3.05, 3.63) is 66.7 Å². The molecule has 158 valence electrons. The fraction of sp³-hybridized carbons (Fsp3) is 0.200. The molecule has 4 N–H and O–H groups in total. The van der Waals surface area contributed by atoms with Gasteiger partial charge < -0.3 is 15.4 Å². The van der Waals surface area contributed by atoms with Crippen LogP contribution < -0.4 is 21.7 Å². The highest BCUT2D eigenvalue weighted by Crippen LogP contribution is 2.28. The Morgan fingerprint density at radius 1 is 1.35 bits per heavy atom. The molecule has 11 heteroatoms. The van der Waals surface area contributed by atoms with Gasteiger partial charge in [-0.05, 0) is 65.6 Å². The summed E-state index contributed by atoms with van der Waals surface area (Å²) in [5.41, 5.74) is 1.53. The summed E-state index contributed by atoms with van der Waals surface area (Å²) in [4.78, 5) is 25.6. The lowest BCUT2D eigenvalue weighted by Gasteiger charge is -2.07. The van der Waals surface area contributed by atoms with Crippen molar-refractivity contribution in [2.75, 3.05) is 11.9 Å². The van der Waals surface area contributed by atoms with Crippen molar-refractivity contribution in [3.8, 4) is 5.88 Å². The molecule has 1 aliphatic rings. The number of H-pyrrole nitrogens is 2. The van der Waals surface area contributed by atoms with Crippen LogP contribution in [0.5, 0.6) is 5.88 Å². The summed E-state index contributed by atoms with van der Waals surface area (Å²) in [7, 11) is 0. The molecule has 1 saturated carbocycles. The summed E-state index contributed by atoms with van der Waals surface area (Å²) in [5, 5.41) is 18.1. The van der Waals surface area contributed by atoms with Crippen LogP contribution in [0.25, 0.3) is 11.7 Å². The van der Waals surface area contributed by atoms with Gasteiger partial charge in [-0.3, -0.25) is 9.98 Å². The number of hydrogen-bond donors (Lipinski definition) is 4. The first-order chi connectivity index (χ1) is 15.0. The molecule has 3 aromatic heterocycles. The number of aromatic amines is 2. The van der Waals surface area contributed by atoms with E-state index in [0.717, 1.165) is 0 Å². The second kappa shape index (κ2) is 7.80. The maximum atomic E-state index is 13.6. The molecule has 0 unspecified atom stereocenters. The van der Waals surface area contributed by atoms with Crippen molar-refractivity contribution in [2.24, 2.45) is 10.9 Å². The first kappa shape index (κ1) is 19.7. The lowest BCUT2D eigenvalue weighted by Crippen LogP contribution is -2.20. The second-order valence-corrected chi connectivity index (χ2v) is 8.52. The van der Waals surface area contributed by atoms with E-state index >= 15 is 0 Å². The topological polar surface area (TPSA) is 123 Å². The van der Waals surface area contributed by atoms with E-state index in [0.29, 0.717) is 43.9 Å². The molecule has 5 rings (SSSR count). The number of aromatic hydroxyl groups is 1. The van der Waals surface area contributed by atoms with Gasteiger partial charge in [0.1, 0.15) is 17.3 Å². The lowest BCUT2D eigenvalue weighted by atomic mass is 10.3. The summed E-state index contributed by atoms with van der Waals surface area (Å²) in [5.74, 6) is 0.564. The van der Waals surface area contributed by atoms with Crippen molar-refractivity contribution < 1.29 is 9.50 Å². The minimum Gasteiger partial charge on any atom is -0.493 e. The van der Waals surface area contributed by atoms with Crippen LogP contribution in [0.2, 0.25) is 0 Å². The van der Waals surface area contributed by atoms with Crippen molar-refractivity contribution >= 4 is 45.8 Å². The molecule has 1 aromatic carbocycles. The van der Waals surface area contributed by atoms with Crippen LogP contribution in [0.1, 0.15) is 18.5 Å². The Kier molecular flexibility index (Phi) is 4.96. The molecule has 0 aliphatic heterocycles. The molecule has 0 radical (unpaired) electrons. The molecular weight excluding hydrogens is 516 g/mol. The quantitative estimate of drug-likeness (QED) is 0.292. The summed E-state index contributed by atoms with van der Waals surface area (Å²) >= 11 is 1.93. The first-order valence-electron chi connectivity index (χ1n) is 9.60. The minimum atomic E-state index is -0.512. The van der Waals surface area contributed by atoms with Crippen LogP contribution in [0.15, 0.2) is 40.2 Å². The zero-order valence-electron chi connectivity index (χ0n) is 16.1. The van der Waals surface area contributed by atoms with Gasteiger partial charge in [0, 0.05) is 23.5 Å². The Bertz CT molecular complexity index is 1470. The highest BCUT2D eigenvalue weighted by molar-refractivity contribution is 14.1. The predicted molar refractivity (Wildman–Crippen MR) is 120 cm³/mol. The molecular formula is C20H17FIN7O2. The number of rotatable bonds is 5. The summed E-state index contributed by atoms with van der Waals surface area (Å²) in [6.45, 7) is 0.706. The van der Waals surface area contributed by atoms with Gasteiger partial charge in [-0.15, -0.1) is 0 Å². The number of benzene rings is 1. The molecule has 0 bridgehead atoms. The van der Waals surface area contributed by atoms with Gasteiger partial charge in [0.05, 0.1) is 9.77 Å². The molecule has 0 amide bonds. The second-order valence-electron chi connectivity index (χ2n) is 7.36. The maximum Gasteiger partial charge on any atom is 0.326 e. The van der Waals surface area contributed by atoms with E-state index in [4.69, 9.17) is 4.99 Å². The monoisotopic (exact) mass is 533 g/mol. The van der Waals surface area contributed by atoms with E-state index < -0.39 is 5.69 Å². The van der Waals surface area contributed by atoms with E-state index in [2.05, 4.69) is 25.4 Å². The third-order valence-corrected chi connectivity index (χ3v) is 5.74. The van der Waals surface area contributed by atoms with Gasteiger partial charge >= 0.3 is 5.69 Å². The number of anilines is 2. The molecule has 3 heterocycles. The molecule has 9 nitrogen and oxygen atoms in total. The largest absolute Gasteiger partial charge is 0.493 e. The SMILES string of the molecule is O=c1[nH]c(O)c(C=c2cnn3c(=NCC4CC4)cc(Nc4ccc(F)c(I)c4)nc23)[nH]1. The van der Waals surface area contributed by atoms with Gasteiger partial charge in [0.2, 0.25) is 5.88 Å². The standard InChI is InChI=1S/C20H17FIN7O2/c21-13-4-3-12(6-14(13)22)25-16-7-17(23-8-10-1-2-10)29-18(27-16)11(9-24-29)5-15-19(30)28-20(31)26-15/h3-7,9-10,25,30H,1-2,8H2,(H2,26,28,31). The van der Waals surface area contributed by atoms with Gasteiger partial charge in [-0.25, -0.2) is 14.2 Å². The summed E-state index contributed by atoms with van der Waals surface area (Å²) in [6.07, 6.45) is 5.52. The van der Waals surface area contributed by atoms with Crippen LogP contribution in [0, 0.1) is 15.3 Å². The van der Waals surface area contributed by atoms with Gasteiger partial charge in [-0.2, -0.15) is 9.61 Å². The Morgan fingerprint density at radius 2 is 2.19 bits per heavy atom. The Balaban J connectivity index is 1.64. The predicted octanol–water partition coefficient (Wildman–Crippen LogP) is 1.80. The minimum absolute atomic E-state index is 0.226. The van der Waals surface area contributed by atoms with E-state index in [1.807, 2.05) is 22.6 Å². The first-order valence-corrected chi connectivity index (χ1v) is 10.7. The number of aromatic nitrogens is 5. The zero-order valence-corrected chi connectivity index (χ0v) is 18.2. The van der Waals surface area contributed by atoms with Crippen LogP contribution in [-0.2, 0) is 0 Å². The van der Waals surface area contributed by atoms with Crippen LogP contribution >= 0.6 is 22.6 Å². The fourth-order valence-corrected chi connectivity index (χ4v) is 3.65. The molecule has 0 atom stereocenters. The van der Waals surface area contributed by atoms with E-state index in [9.17, 15) is 14.3 Å². The molecule has 1 aliphatic carbocycles. The molecule has 4 aromatic rings. The number of fused-ring (bicyclic) bond motifs is 1. The molecule has 1 fully saturated rings. The Morgan fingerprint density at radius 3 is 2.90 bits per heavy atom. The molecule has 31 heavy (non-hydrogen) atoms. The van der Waals surface area contributed by atoms with Crippen molar-refractivity contribution in [2.45, 2.75) is 12.8 Å². The average molecular weight is 533 g/mol. The van der Waals surface area contributed by atoms with Crippen LogP contribution in [0.4, 0.5) is 15.9 Å². The lowest BCUT2D eigenvalue weighted by molar-refractivity contribution is 0.454. The Hall–Kier alpha value is -3.22. The highest BCUT2D eigenvalue weighted by atomic mass is 127. The zero-order chi connectivity index (χ0) is 21.5. The molecule has 0 spiro atoms. The fourth-order valence-electron chi connectivity index (χ4n) is 3.13. The molecule has 0 saturated heterocycles. The highest BCUT2D eigenvalue weighted by Gasteiger charge is 2.20. The van der Waals surface area contributed by atoms with Gasteiger partial charge in [0.15, 0.2) is 11.1 Å². The summed E-state index contributed by atoms with van der Waals surface area (Å²) in [6, 6.07) is 6.51.